The van der Waals surface area contributed by atoms with E-state index in [9.17, 15) is 25.6 Å². The Hall–Kier alpha value is -5.64. The van der Waals surface area contributed by atoms with Crippen LogP contribution >= 0.6 is 31.9 Å². The highest BCUT2D eigenvalue weighted by Gasteiger charge is 2.18. The SMILES string of the molecule is CN(C)S(=O)(=O)c1ccc(CNc2cc(-c3ccccc3F)nc3c(Br)cnn23)cc1.CNS(=O)(=O)c1ccc(CNc2cc(-c3ccccc3F)nc3c(Br)cnn23)cc1. The van der Waals surface area contributed by atoms with E-state index in [-0.39, 0.29) is 21.4 Å². The van der Waals surface area contributed by atoms with Crippen LogP contribution in [0.15, 0.2) is 140 Å². The van der Waals surface area contributed by atoms with Crippen LogP contribution < -0.4 is 15.4 Å². The quantitative estimate of drug-likeness (QED) is 0.109. The Morgan fingerprint density at radius 1 is 0.623 bits per heavy atom. The minimum atomic E-state index is -3.48. The minimum Gasteiger partial charge on any atom is -0.366 e. The molecule has 314 valence electrons. The Morgan fingerprint density at radius 3 is 1.43 bits per heavy atom. The van der Waals surface area contributed by atoms with E-state index in [0.29, 0.717) is 67.5 Å². The van der Waals surface area contributed by atoms with Gasteiger partial charge in [-0.2, -0.15) is 19.2 Å². The first-order chi connectivity index (χ1) is 29.2. The van der Waals surface area contributed by atoms with Crippen molar-refractivity contribution in [2.45, 2.75) is 22.9 Å². The van der Waals surface area contributed by atoms with Crippen molar-refractivity contribution >= 4 is 74.8 Å². The summed E-state index contributed by atoms with van der Waals surface area (Å²) < 4.78 is 84.9. The molecule has 3 N–H and O–H groups in total. The summed E-state index contributed by atoms with van der Waals surface area (Å²) >= 11 is 6.86. The molecule has 0 spiro atoms. The maximum atomic E-state index is 14.3. The van der Waals surface area contributed by atoms with Crippen LogP contribution in [0.4, 0.5) is 20.4 Å². The van der Waals surface area contributed by atoms with Gasteiger partial charge in [0.05, 0.1) is 42.5 Å². The molecule has 0 bridgehead atoms. The monoisotopic (exact) mass is 992 g/mol. The van der Waals surface area contributed by atoms with Crippen LogP contribution in [-0.4, -0.2) is 71.5 Å². The number of fused-ring (bicyclic) bond motifs is 2. The van der Waals surface area contributed by atoms with Crippen LogP contribution in [0.2, 0.25) is 0 Å². The summed E-state index contributed by atoms with van der Waals surface area (Å²) in [6, 6.07) is 29.5. The number of rotatable bonds is 12. The Morgan fingerprint density at radius 2 is 1.03 bits per heavy atom. The zero-order valence-corrected chi connectivity index (χ0v) is 37.4. The summed E-state index contributed by atoms with van der Waals surface area (Å²) in [5.74, 6) is 0.519. The van der Waals surface area contributed by atoms with Crippen LogP contribution in [0.3, 0.4) is 0 Å². The van der Waals surface area contributed by atoms with E-state index in [2.05, 4.69) is 67.4 Å². The van der Waals surface area contributed by atoms with Gasteiger partial charge in [0.25, 0.3) is 0 Å². The van der Waals surface area contributed by atoms with Crippen LogP contribution in [0.1, 0.15) is 11.1 Å². The van der Waals surface area contributed by atoms with E-state index in [1.54, 1.807) is 118 Å². The molecule has 0 amide bonds. The Bertz CT molecular complexity index is 3100. The molecule has 0 aliphatic carbocycles. The van der Waals surface area contributed by atoms with Crippen LogP contribution in [-0.2, 0) is 33.1 Å². The zero-order valence-electron chi connectivity index (χ0n) is 32.6. The van der Waals surface area contributed by atoms with E-state index in [4.69, 9.17) is 0 Å². The lowest BCUT2D eigenvalue weighted by Gasteiger charge is -2.13. The van der Waals surface area contributed by atoms with Gasteiger partial charge < -0.3 is 10.6 Å². The van der Waals surface area contributed by atoms with E-state index in [0.717, 1.165) is 11.1 Å². The highest BCUT2D eigenvalue weighted by molar-refractivity contribution is 9.11. The molecule has 0 atom stereocenters. The molecule has 0 aliphatic heterocycles. The highest BCUT2D eigenvalue weighted by atomic mass is 79.9. The van der Waals surface area contributed by atoms with Crippen LogP contribution in [0, 0.1) is 11.6 Å². The number of nitrogens with one attached hydrogen (secondary N) is 3. The summed E-state index contributed by atoms with van der Waals surface area (Å²) in [6.07, 6.45) is 3.25. The standard InChI is InChI=1S/C21H19BrFN5O2S.C20H17BrFN5O2S/c1-27(2)31(29,30)15-9-7-14(8-10-15)12-24-20-11-19(16-5-3-4-6-18(16)23)26-21-17(22)13-25-28(20)21;1-23-30(28,29)14-8-6-13(7-9-14)11-24-19-10-18(15-4-2-3-5-17(15)22)26-20-16(21)12-25-27(19)20/h3-11,13,24H,12H2,1-2H3;2-10,12,23-24H,11H2,1H3. The van der Waals surface area contributed by atoms with Gasteiger partial charge in [0, 0.05) is 50.4 Å². The normalized spacial score (nSPS) is 11.8. The number of anilines is 2. The van der Waals surface area contributed by atoms with Gasteiger partial charge in [0.1, 0.15) is 23.3 Å². The summed E-state index contributed by atoms with van der Waals surface area (Å²) in [4.78, 5) is 9.49. The molecule has 0 saturated heterocycles. The van der Waals surface area contributed by atoms with Gasteiger partial charge in [-0.15, -0.1) is 0 Å². The van der Waals surface area contributed by atoms with Crippen molar-refractivity contribution in [2.75, 3.05) is 31.8 Å². The molecule has 14 nitrogen and oxygen atoms in total. The molecule has 0 unspecified atom stereocenters. The highest BCUT2D eigenvalue weighted by Crippen LogP contribution is 2.29. The molecule has 0 aliphatic rings. The van der Waals surface area contributed by atoms with Gasteiger partial charge in [0.2, 0.25) is 20.0 Å². The van der Waals surface area contributed by atoms with Crippen molar-refractivity contribution in [3.05, 3.63) is 153 Å². The van der Waals surface area contributed by atoms with Gasteiger partial charge in [-0.25, -0.2) is 44.6 Å². The van der Waals surface area contributed by atoms with E-state index < -0.39 is 20.0 Å². The molecule has 0 radical (unpaired) electrons. The van der Waals surface area contributed by atoms with Crippen molar-refractivity contribution < 1.29 is 25.6 Å². The fourth-order valence-corrected chi connectivity index (χ4v) is 8.35. The molecule has 20 heteroatoms. The molecular formula is C41H36Br2F2N10O4S2. The molecule has 4 heterocycles. The summed E-state index contributed by atoms with van der Waals surface area (Å²) in [5.41, 5.74) is 4.57. The molecule has 4 aromatic heterocycles. The van der Waals surface area contributed by atoms with Gasteiger partial charge in [-0.3, -0.25) is 0 Å². The number of hydrogen-bond donors (Lipinski definition) is 3. The Labute approximate surface area is 367 Å². The maximum absolute atomic E-state index is 14.3. The number of aromatic nitrogens is 6. The third-order valence-electron chi connectivity index (χ3n) is 9.31. The third kappa shape index (κ3) is 9.48. The summed E-state index contributed by atoms with van der Waals surface area (Å²) in [5, 5.41) is 15.2. The molecule has 4 aromatic carbocycles. The van der Waals surface area contributed by atoms with Crippen molar-refractivity contribution in [1.29, 1.82) is 0 Å². The fraction of sp³-hybridized carbons (Fsp3) is 0.122. The summed E-state index contributed by atoms with van der Waals surface area (Å²) in [7, 11) is -2.60. The van der Waals surface area contributed by atoms with Gasteiger partial charge in [-0.05, 0) is 98.6 Å². The maximum Gasteiger partial charge on any atom is 0.242 e. The average molecular weight is 995 g/mol. The second-order valence-electron chi connectivity index (χ2n) is 13.5. The largest absolute Gasteiger partial charge is 0.366 e. The number of nitrogens with zero attached hydrogens (tertiary/aromatic N) is 7. The number of sulfonamides is 2. The topological polar surface area (TPSA) is 168 Å². The molecule has 0 fully saturated rings. The molecule has 0 saturated carbocycles. The lowest BCUT2D eigenvalue weighted by atomic mass is 10.1. The smallest absolute Gasteiger partial charge is 0.242 e. The molecule has 8 rings (SSSR count). The van der Waals surface area contributed by atoms with Crippen LogP contribution in [0.25, 0.3) is 33.8 Å². The van der Waals surface area contributed by atoms with E-state index in [1.807, 2.05) is 0 Å². The first-order valence-electron chi connectivity index (χ1n) is 18.3. The predicted octanol–water partition coefficient (Wildman–Crippen LogP) is 7.98. The van der Waals surface area contributed by atoms with Crippen molar-refractivity contribution in [1.82, 2.24) is 38.2 Å². The second-order valence-corrected chi connectivity index (χ2v) is 19.2. The second kappa shape index (κ2) is 18.1. The number of halogens is 4. The lowest BCUT2D eigenvalue weighted by molar-refractivity contribution is 0.520. The Balaban J connectivity index is 0.000000184. The van der Waals surface area contributed by atoms with E-state index in [1.165, 1.54) is 37.6 Å². The van der Waals surface area contributed by atoms with Crippen molar-refractivity contribution in [2.24, 2.45) is 0 Å². The fourth-order valence-electron chi connectivity index (χ4n) is 6.02. The first-order valence-corrected chi connectivity index (χ1v) is 22.8. The molecule has 61 heavy (non-hydrogen) atoms. The van der Waals surface area contributed by atoms with Crippen LogP contribution in [0.5, 0.6) is 0 Å². The van der Waals surface area contributed by atoms with E-state index >= 15 is 0 Å². The predicted molar refractivity (Wildman–Crippen MR) is 237 cm³/mol. The van der Waals surface area contributed by atoms with Crippen molar-refractivity contribution in [3.63, 3.8) is 0 Å². The minimum absolute atomic E-state index is 0.192. The summed E-state index contributed by atoms with van der Waals surface area (Å²) in [6.45, 7) is 0.822. The first kappa shape index (κ1) is 43.4. The van der Waals surface area contributed by atoms with Crippen molar-refractivity contribution in [3.8, 4) is 22.5 Å². The van der Waals surface area contributed by atoms with Gasteiger partial charge in [-0.1, -0.05) is 48.5 Å². The molecule has 8 aromatic rings. The lowest BCUT2D eigenvalue weighted by Crippen LogP contribution is -2.22. The zero-order chi connectivity index (χ0) is 43.5. The Kier molecular flexibility index (Phi) is 12.9. The number of hydrogen-bond acceptors (Lipinski definition) is 10. The van der Waals surface area contributed by atoms with Gasteiger partial charge in [0.15, 0.2) is 11.3 Å². The average Bonchev–Trinajstić information content (AvgIpc) is 3.84. The molecular weight excluding hydrogens is 958 g/mol. The number of benzene rings is 4. The van der Waals surface area contributed by atoms with Gasteiger partial charge >= 0.3 is 0 Å². The third-order valence-corrected chi connectivity index (χ3v) is 13.7.